The van der Waals surface area contributed by atoms with E-state index in [0.29, 0.717) is 0 Å². The van der Waals surface area contributed by atoms with Gasteiger partial charge in [0.15, 0.2) is 0 Å². The van der Waals surface area contributed by atoms with E-state index in [1.54, 1.807) is 0 Å². The predicted octanol–water partition coefficient (Wildman–Crippen LogP) is 4.18. The molecule has 1 aliphatic rings. The first-order valence-electron chi connectivity index (χ1n) is 9.14. The van der Waals surface area contributed by atoms with Gasteiger partial charge in [0.25, 0.3) is 0 Å². The van der Waals surface area contributed by atoms with Crippen LogP contribution in [-0.4, -0.2) is 31.3 Å². The normalized spacial score (nSPS) is 21.1. The number of amides is 2. The number of carbonyl (C=O) groups is 1. The smallest absolute Gasteiger partial charge is 0.319 e. The first-order valence-corrected chi connectivity index (χ1v) is 9.14. The molecule has 5 nitrogen and oxygen atoms in total. The zero-order valence-corrected chi connectivity index (χ0v) is 15.6. The number of rotatable bonds is 4. The van der Waals surface area contributed by atoms with Crippen molar-refractivity contribution >= 4 is 17.4 Å². The van der Waals surface area contributed by atoms with Gasteiger partial charge in [-0.1, -0.05) is 30.3 Å². The van der Waals surface area contributed by atoms with Gasteiger partial charge in [-0.25, -0.2) is 4.79 Å². The maximum Gasteiger partial charge on any atom is 0.319 e. The van der Waals surface area contributed by atoms with Crippen LogP contribution in [0.4, 0.5) is 16.2 Å². The average Bonchev–Trinajstić information content (AvgIpc) is 2.62. The van der Waals surface area contributed by atoms with E-state index in [1.807, 2.05) is 61.5 Å². The summed E-state index contributed by atoms with van der Waals surface area (Å²) in [5.41, 5.74) is 3.00. The topological polar surface area (TPSA) is 53.6 Å². The lowest BCUT2D eigenvalue weighted by atomic mass is 10.1. The maximum atomic E-state index is 12.2. The quantitative estimate of drug-likeness (QED) is 0.867. The van der Waals surface area contributed by atoms with Crippen molar-refractivity contribution in [1.29, 1.82) is 0 Å². The summed E-state index contributed by atoms with van der Waals surface area (Å²) in [5, 5.41) is 5.85. The van der Waals surface area contributed by atoms with Gasteiger partial charge in [0.05, 0.1) is 18.2 Å². The van der Waals surface area contributed by atoms with E-state index in [4.69, 9.17) is 4.74 Å². The molecule has 0 saturated carbocycles. The van der Waals surface area contributed by atoms with Crippen LogP contribution in [0.15, 0.2) is 54.6 Å². The highest BCUT2D eigenvalue weighted by Gasteiger charge is 2.22. The van der Waals surface area contributed by atoms with E-state index >= 15 is 0 Å². The summed E-state index contributed by atoms with van der Waals surface area (Å²) in [6, 6.07) is 17.6. The second-order valence-corrected chi connectivity index (χ2v) is 6.94. The Balaban J connectivity index is 1.56. The van der Waals surface area contributed by atoms with Crippen LogP contribution < -0.4 is 15.5 Å². The third kappa shape index (κ3) is 4.76. The Labute approximate surface area is 155 Å². The molecule has 2 aromatic rings. The highest BCUT2D eigenvalue weighted by molar-refractivity contribution is 5.89. The fourth-order valence-electron chi connectivity index (χ4n) is 3.33. The molecule has 0 aliphatic carbocycles. The summed E-state index contributed by atoms with van der Waals surface area (Å²) in [7, 11) is 0. The third-order valence-corrected chi connectivity index (χ3v) is 4.56. The van der Waals surface area contributed by atoms with E-state index in [2.05, 4.69) is 29.4 Å². The maximum absolute atomic E-state index is 12.2. The SMILES string of the molecule is CC1CN(c2ccc(NC(=O)NC(C)c3ccccc3)cc2)CC(C)O1. The molecule has 0 spiro atoms. The van der Waals surface area contributed by atoms with Crippen LogP contribution in [0.2, 0.25) is 0 Å². The van der Waals surface area contributed by atoms with Crippen molar-refractivity contribution in [2.45, 2.75) is 39.0 Å². The van der Waals surface area contributed by atoms with Gasteiger partial charge in [0.2, 0.25) is 0 Å². The van der Waals surface area contributed by atoms with Crippen molar-refractivity contribution in [3.05, 3.63) is 60.2 Å². The Morgan fingerprint density at radius 1 is 1.04 bits per heavy atom. The molecule has 2 N–H and O–H groups in total. The van der Waals surface area contributed by atoms with Gasteiger partial charge < -0.3 is 20.3 Å². The van der Waals surface area contributed by atoms with E-state index < -0.39 is 0 Å². The summed E-state index contributed by atoms with van der Waals surface area (Å²) in [6.45, 7) is 7.92. The number of benzene rings is 2. The van der Waals surface area contributed by atoms with Crippen LogP contribution in [-0.2, 0) is 4.74 Å². The molecular weight excluding hydrogens is 326 g/mol. The molecule has 3 rings (SSSR count). The van der Waals surface area contributed by atoms with Gasteiger partial charge in [-0.3, -0.25) is 0 Å². The molecule has 0 radical (unpaired) electrons. The van der Waals surface area contributed by atoms with Crippen molar-refractivity contribution in [1.82, 2.24) is 5.32 Å². The largest absolute Gasteiger partial charge is 0.372 e. The van der Waals surface area contributed by atoms with E-state index in [9.17, 15) is 4.79 Å². The lowest BCUT2D eigenvalue weighted by Crippen LogP contribution is -2.45. The van der Waals surface area contributed by atoms with E-state index in [-0.39, 0.29) is 24.3 Å². The molecule has 0 aromatic heterocycles. The van der Waals surface area contributed by atoms with Crippen molar-refractivity contribution in [3.63, 3.8) is 0 Å². The number of morpholine rings is 1. The zero-order chi connectivity index (χ0) is 18.5. The number of hydrogen-bond donors (Lipinski definition) is 2. The number of urea groups is 1. The van der Waals surface area contributed by atoms with Crippen molar-refractivity contribution < 1.29 is 9.53 Å². The van der Waals surface area contributed by atoms with E-state index in [1.165, 1.54) is 0 Å². The minimum atomic E-state index is -0.206. The van der Waals surface area contributed by atoms with Gasteiger partial charge >= 0.3 is 6.03 Å². The monoisotopic (exact) mass is 353 g/mol. The molecule has 1 fully saturated rings. The van der Waals surface area contributed by atoms with Gasteiger partial charge in [0.1, 0.15) is 0 Å². The molecule has 1 saturated heterocycles. The standard InChI is InChI=1S/C21H27N3O2/c1-15-13-24(14-16(2)26-15)20-11-9-19(10-12-20)23-21(25)22-17(3)18-7-5-4-6-8-18/h4-12,15-17H,13-14H2,1-3H3,(H2,22,23,25). The minimum Gasteiger partial charge on any atom is -0.372 e. The number of ether oxygens (including phenoxy) is 1. The summed E-state index contributed by atoms with van der Waals surface area (Å²) >= 11 is 0. The van der Waals surface area contributed by atoms with Crippen LogP contribution in [0, 0.1) is 0 Å². The fraction of sp³-hybridized carbons (Fsp3) is 0.381. The molecular formula is C21H27N3O2. The van der Waals surface area contributed by atoms with Gasteiger partial charge in [-0.15, -0.1) is 0 Å². The fourth-order valence-corrected chi connectivity index (χ4v) is 3.33. The highest BCUT2D eigenvalue weighted by Crippen LogP contribution is 2.22. The molecule has 1 heterocycles. The molecule has 138 valence electrons. The molecule has 5 heteroatoms. The van der Waals surface area contributed by atoms with Crippen LogP contribution in [0.1, 0.15) is 32.4 Å². The summed E-state index contributed by atoms with van der Waals surface area (Å²) in [5.74, 6) is 0. The second-order valence-electron chi connectivity index (χ2n) is 6.94. The molecule has 2 amide bonds. The molecule has 0 bridgehead atoms. The lowest BCUT2D eigenvalue weighted by molar-refractivity contribution is -0.00521. The van der Waals surface area contributed by atoms with Crippen molar-refractivity contribution in [2.24, 2.45) is 0 Å². The summed E-state index contributed by atoms with van der Waals surface area (Å²) < 4.78 is 5.78. The van der Waals surface area contributed by atoms with E-state index in [0.717, 1.165) is 30.0 Å². The Bertz CT molecular complexity index is 708. The zero-order valence-electron chi connectivity index (χ0n) is 15.6. The summed E-state index contributed by atoms with van der Waals surface area (Å²) in [6.07, 6.45) is 0.448. The predicted molar refractivity (Wildman–Crippen MR) is 106 cm³/mol. The Morgan fingerprint density at radius 2 is 1.65 bits per heavy atom. The molecule has 1 aliphatic heterocycles. The molecule has 3 unspecified atom stereocenters. The van der Waals surface area contributed by atoms with Crippen molar-refractivity contribution in [3.8, 4) is 0 Å². The van der Waals surface area contributed by atoms with Crippen LogP contribution in [0.5, 0.6) is 0 Å². The second kappa shape index (κ2) is 8.23. The Morgan fingerprint density at radius 3 is 2.27 bits per heavy atom. The number of anilines is 2. The molecule has 26 heavy (non-hydrogen) atoms. The number of hydrogen-bond acceptors (Lipinski definition) is 3. The minimum absolute atomic E-state index is 0.0493. The molecule has 3 atom stereocenters. The highest BCUT2D eigenvalue weighted by atomic mass is 16.5. The first-order chi connectivity index (χ1) is 12.5. The average molecular weight is 353 g/mol. The van der Waals surface area contributed by atoms with Gasteiger partial charge in [0, 0.05) is 24.5 Å². The van der Waals surface area contributed by atoms with Gasteiger partial charge in [-0.05, 0) is 50.6 Å². The number of carbonyl (C=O) groups excluding carboxylic acids is 1. The van der Waals surface area contributed by atoms with Crippen LogP contribution in [0.25, 0.3) is 0 Å². The van der Waals surface area contributed by atoms with Crippen LogP contribution in [0.3, 0.4) is 0 Å². The van der Waals surface area contributed by atoms with Gasteiger partial charge in [-0.2, -0.15) is 0 Å². The molecule has 2 aromatic carbocycles. The first kappa shape index (κ1) is 18.3. The van der Waals surface area contributed by atoms with Crippen molar-refractivity contribution in [2.75, 3.05) is 23.3 Å². The number of nitrogens with one attached hydrogen (secondary N) is 2. The lowest BCUT2D eigenvalue weighted by Gasteiger charge is -2.36. The third-order valence-electron chi connectivity index (χ3n) is 4.56. The Kier molecular flexibility index (Phi) is 5.78. The summed E-state index contributed by atoms with van der Waals surface area (Å²) in [4.78, 5) is 14.5. The Hall–Kier alpha value is -2.53. The van der Waals surface area contributed by atoms with Crippen LogP contribution >= 0.6 is 0 Å². The number of nitrogens with zero attached hydrogens (tertiary/aromatic N) is 1.